The van der Waals surface area contributed by atoms with Crippen LogP contribution < -0.4 is 0 Å². The van der Waals surface area contributed by atoms with Crippen LogP contribution in [-0.4, -0.2) is 0 Å². The molecule has 0 atom stereocenters. The number of rotatable bonds is 4. The van der Waals surface area contributed by atoms with Crippen molar-refractivity contribution in [1.29, 1.82) is 0 Å². The Morgan fingerprint density at radius 3 is 2.80 bits per heavy atom. The first-order valence-corrected chi connectivity index (χ1v) is 4.28. The largest absolute Gasteiger partial charge is 0.133 e. The lowest BCUT2D eigenvalue weighted by atomic mass is 9.82. The molecule has 0 aromatic heterocycles. The second kappa shape index (κ2) is 4.35. The highest BCUT2D eigenvalue weighted by Crippen LogP contribution is 2.30. The van der Waals surface area contributed by atoms with Gasteiger partial charge in [-0.05, 0) is 24.8 Å². The molecule has 1 saturated carbocycles. The van der Waals surface area contributed by atoms with Crippen molar-refractivity contribution in [3.8, 4) is 0 Å². The molecule has 0 N–H and O–H groups in total. The predicted molar refractivity (Wildman–Crippen MR) is 44.9 cm³/mol. The third kappa shape index (κ3) is 2.41. The highest BCUT2D eigenvalue weighted by Gasteiger charge is 2.15. The molecule has 0 unspecified atom stereocenters. The highest BCUT2D eigenvalue weighted by atomic mass is 14.2. The van der Waals surface area contributed by atoms with Gasteiger partial charge in [-0.2, -0.15) is 0 Å². The molecule has 0 saturated heterocycles. The van der Waals surface area contributed by atoms with Gasteiger partial charge in [0.1, 0.15) is 0 Å². The fourth-order valence-electron chi connectivity index (χ4n) is 1.39. The number of allylic oxidation sites excluding steroid dienone is 1. The summed E-state index contributed by atoms with van der Waals surface area (Å²) in [4.78, 5) is 0. The van der Waals surface area contributed by atoms with E-state index in [1.54, 1.807) is 0 Å². The lowest BCUT2D eigenvalue weighted by Gasteiger charge is -2.24. The summed E-state index contributed by atoms with van der Waals surface area (Å²) < 4.78 is 0. The first-order chi connectivity index (χ1) is 4.93. The van der Waals surface area contributed by atoms with E-state index in [2.05, 4.69) is 12.3 Å². The Bertz CT molecular complexity index is 125. The second-order valence-corrected chi connectivity index (χ2v) is 3.14. The van der Waals surface area contributed by atoms with E-state index in [4.69, 9.17) is 0 Å². The monoisotopic (exact) mass is 136 g/mol. The van der Waals surface area contributed by atoms with Gasteiger partial charge < -0.3 is 0 Å². The smallest absolute Gasteiger partial charge is 0.0274 e. The third-order valence-corrected chi connectivity index (χ3v) is 2.33. The minimum Gasteiger partial charge on any atom is -0.133 e. The van der Waals surface area contributed by atoms with Crippen LogP contribution in [0.4, 0.5) is 0 Å². The normalized spacial score (nSPS) is 17.6. The molecular formula is C10H16. The van der Waals surface area contributed by atoms with Gasteiger partial charge in [0.05, 0.1) is 0 Å². The Morgan fingerprint density at radius 2 is 2.30 bits per heavy atom. The minimum atomic E-state index is 1.07. The van der Waals surface area contributed by atoms with Crippen molar-refractivity contribution in [3.63, 3.8) is 0 Å². The van der Waals surface area contributed by atoms with Gasteiger partial charge >= 0.3 is 0 Å². The van der Waals surface area contributed by atoms with E-state index in [0.717, 1.165) is 5.92 Å². The SMILES string of the molecule is C=C=CCCCC1CCC1. The van der Waals surface area contributed by atoms with Crippen LogP contribution in [0.2, 0.25) is 0 Å². The maximum absolute atomic E-state index is 3.53. The van der Waals surface area contributed by atoms with Crippen LogP contribution >= 0.6 is 0 Å². The van der Waals surface area contributed by atoms with Crippen molar-refractivity contribution in [2.45, 2.75) is 38.5 Å². The molecule has 0 aliphatic heterocycles. The molecule has 0 aromatic rings. The second-order valence-electron chi connectivity index (χ2n) is 3.14. The van der Waals surface area contributed by atoms with E-state index in [9.17, 15) is 0 Å². The fraction of sp³-hybridized carbons (Fsp3) is 0.700. The van der Waals surface area contributed by atoms with Crippen molar-refractivity contribution in [2.24, 2.45) is 5.92 Å². The zero-order chi connectivity index (χ0) is 7.23. The predicted octanol–water partition coefficient (Wildman–Crippen LogP) is 3.30. The quantitative estimate of drug-likeness (QED) is 0.411. The topological polar surface area (TPSA) is 0 Å². The molecule has 0 nitrogen and oxygen atoms in total. The molecule has 1 rings (SSSR count). The maximum Gasteiger partial charge on any atom is -0.0274 e. The molecule has 0 bridgehead atoms. The van der Waals surface area contributed by atoms with E-state index in [1.807, 2.05) is 6.08 Å². The van der Waals surface area contributed by atoms with Crippen LogP contribution in [0.15, 0.2) is 18.4 Å². The summed E-state index contributed by atoms with van der Waals surface area (Å²) in [6, 6.07) is 0. The van der Waals surface area contributed by atoms with Crippen molar-refractivity contribution in [2.75, 3.05) is 0 Å². The van der Waals surface area contributed by atoms with Crippen LogP contribution in [0.1, 0.15) is 38.5 Å². The first kappa shape index (κ1) is 7.63. The Hall–Kier alpha value is -0.480. The van der Waals surface area contributed by atoms with Gasteiger partial charge in [0.25, 0.3) is 0 Å². The third-order valence-electron chi connectivity index (χ3n) is 2.33. The molecule has 0 aromatic carbocycles. The molecule has 1 aliphatic rings. The molecule has 56 valence electrons. The van der Waals surface area contributed by atoms with Crippen molar-refractivity contribution >= 4 is 0 Å². The van der Waals surface area contributed by atoms with Crippen molar-refractivity contribution in [3.05, 3.63) is 18.4 Å². The summed E-state index contributed by atoms with van der Waals surface area (Å²) in [5.74, 6) is 1.07. The molecule has 1 fully saturated rings. The summed E-state index contributed by atoms with van der Waals surface area (Å²) in [5.41, 5.74) is 2.80. The van der Waals surface area contributed by atoms with E-state index >= 15 is 0 Å². The molecule has 10 heavy (non-hydrogen) atoms. The molecular weight excluding hydrogens is 120 g/mol. The van der Waals surface area contributed by atoms with Gasteiger partial charge in [0, 0.05) is 0 Å². The zero-order valence-electron chi connectivity index (χ0n) is 6.60. The summed E-state index contributed by atoms with van der Waals surface area (Å²) in [5, 5.41) is 0. The number of unbranched alkanes of at least 4 members (excludes halogenated alkanes) is 1. The van der Waals surface area contributed by atoms with Crippen LogP contribution in [0.3, 0.4) is 0 Å². The van der Waals surface area contributed by atoms with E-state index < -0.39 is 0 Å². The van der Waals surface area contributed by atoms with Gasteiger partial charge in [-0.1, -0.05) is 32.3 Å². The summed E-state index contributed by atoms with van der Waals surface area (Å²) in [6.45, 7) is 3.53. The van der Waals surface area contributed by atoms with Gasteiger partial charge in [0.15, 0.2) is 0 Å². The zero-order valence-corrected chi connectivity index (χ0v) is 6.60. The Kier molecular flexibility index (Phi) is 3.32. The number of hydrogen-bond donors (Lipinski definition) is 0. The molecule has 0 heterocycles. The van der Waals surface area contributed by atoms with E-state index in [1.165, 1.54) is 38.5 Å². The van der Waals surface area contributed by atoms with Gasteiger partial charge in [-0.3, -0.25) is 0 Å². The molecule has 0 amide bonds. The average molecular weight is 136 g/mol. The van der Waals surface area contributed by atoms with Gasteiger partial charge in [-0.15, -0.1) is 5.73 Å². The molecule has 1 aliphatic carbocycles. The van der Waals surface area contributed by atoms with Crippen molar-refractivity contribution < 1.29 is 0 Å². The van der Waals surface area contributed by atoms with Gasteiger partial charge in [0.2, 0.25) is 0 Å². The Morgan fingerprint density at radius 1 is 1.50 bits per heavy atom. The van der Waals surface area contributed by atoms with E-state index in [0.29, 0.717) is 0 Å². The maximum atomic E-state index is 3.53. The fourth-order valence-corrected chi connectivity index (χ4v) is 1.39. The standard InChI is InChI=1S/C10H16/c1-2-3-4-5-7-10-8-6-9-10/h3,10H,1,4-9H2. The Labute approximate surface area is 63.6 Å². The number of hydrogen-bond acceptors (Lipinski definition) is 0. The van der Waals surface area contributed by atoms with Crippen LogP contribution in [-0.2, 0) is 0 Å². The van der Waals surface area contributed by atoms with E-state index in [-0.39, 0.29) is 0 Å². The lowest BCUT2D eigenvalue weighted by molar-refractivity contribution is 0.290. The average Bonchev–Trinajstić information content (AvgIpc) is 1.84. The first-order valence-electron chi connectivity index (χ1n) is 4.28. The summed E-state index contributed by atoms with van der Waals surface area (Å²) in [7, 11) is 0. The summed E-state index contributed by atoms with van der Waals surface area (Å²) >= 11 is 0. The highest BCUT2D eigenvalue weighted by molar-refractivity contribution is 4.77. The van der Waals surface area contributed by atoms with Crippen LogP contribution in [0, 0.1) is 5.92 Å². The van der Waals surface area contributed by atoms with Crippen LogP contribution in [0.5, 0.6) is 0 Å². The molecule has 0 radical (unpaired) electrons. The van der Waals surface area contributed by atoms with Gasteiger partial charge in [-0.25, -0.2) is 0 Å². The minimum absolute atomic E-state index is 1.07. The Balaban J connectivity index is 1.89. The van der Waals surface area contributed by atoms with Crippen LogP contribution in [0.25, 0.3) is 0 Å². The summed E-state index contributed by atoms with van der Waals surface area (Å²) in [6.07, 6.45) is 10.4. The van der Waals surface area contributed by atoms with Crippen molar-refractivity contribution in [1.82, 2.24) is 0 Å². The molecule has 0 spiro atoms. The lowest BCUT2D eigenvalue weighted by Crippen LogP contribution is -2.09. The molecule has 0 heteroatoms.